The van der Waals surface area contributed by atoms with Gasteiger partial charge in [-0.05, 0) is 18.2 Å². The van der Waals surface area contributed by atoms with E-state index in [4.69, 9.17) is 23.2 Å². The Morgan fingerprint density at radius 2 is 1.94 bits per heavy atom. The minimum Gasteiger partial charge on any atom is -0.469 e. The molecule has 0 spiro atoms. The second-order valence-corrected chi connectivity index (χ2v) is 6.63. The molecule has 18 heavy (non-hydrogen) atoms. The van der Waals surface area contributed by atoms with Gasteiger partial charge in [0.15, 0.2) is 9.84 Å². The first kappa shape index (κ1) is 15.3. The number of benzene rings is 1. The van der Waals surface area contributed by atoms with Crippen LogP contribution in [0.4, 0.5) is 0 Å². The highest BCUT2D eigenvalue weighted by Crippen LogP contribution is 2.26. The number of methoxy groups -OCH3 is 1. The van der Waals surface area contributed by atoms with Gasteiger partial charge in [-0.15, -0.1) is 0 Å². The van der Waals surface area contributed by atoms with Crippen molar-refractivity contribution in [1.29, 1.82) is 0 Å². The van der Waals surface area contributed by atoms with Crippen LogP contribution in [0, 0.1) is 5.92 Å². The van der Waals surface area contributed by atoms with Gasteiger partial charge in [0.25, 0.3) is 0 Å². The molecule has 0 radical (unpaired) electrons. The highest BCUT2D eigenvalue weighted by molar-refractivity contribution is 7.91. The second kappa shape index (κ2) is 5.91. The van der Waals surface area contributed by atoms with E-state index in [0.29, 0.717) is 0 Å². The molecule has 1 aromatic carbocycles. The monoisotopic (exact) mass is 310 g/mol. The lowest BCUT2D eigenvalue weighted by atomic mass is 10.2. The molecule has 7 heteroatoms. The van der Waals surface area contributed by atoms with E-state index in [9.17, 15) is 13.2 Å². The van der Waals surface area contributed by atoms with Crippen molar-refractivity contribution >= 4 is 39.0 Å². The number of carbonyl (C=O) groups is 1. The number of ether oxygens (including phenoxy) is 1. The van der Waals surface area contributed by atoms with Crippen LogP contribution < -0.4 is 0 Å². The summed E-state index contributed by atoms with van der Waals surface area (Å²) in [4.78, 5) is 11.2. The Morgan fingerprint density at radius 1 is 1.33 bits per heavy atom. The minimum absolute atomic E-state index is 0.0349. The van der Waals surface area contributed by atoms with Crippen LogP contribution in [-0.4, -0.2) is 27.2 Å². The first-order valence-corrected chi connectivity index (χ1v) is 7.44. The Hall–Kier alpha value is -0.780. The van der Waals surface area contributed by atoms with Crippen LogP contribution in [0.1, 0.15) is 6.92 Å². The molecule has 0 saturated heterocycles. The molecule has 0 aliphatic carbocycles. The summed E-state index contributed by atoms with van der Waals surface area (Å²) in [7, 11) is -2.38. The smallest absolute Gasteiger partial charge is 0.309 e. The van der Waals surface area contributed by atoms with Crippen molar-refractivity contribution in [2.45, 2.75) is 11.8 Å². The lowest BCUT2D eigenvalue weighted by Crippen LogP contribution is -2.22. The van der Waals surface area contributed by atoms with Crippen molar-refractivity contribution < 1.29 is 17.9 Å². The molecule has 100 valence electrons. The number of hydrogen-bond acceptors (Lipinski definition) is 4. The molecule has 0 aliphatic rings. The van der Waals surface area contributed by atoms with Crippen LogP contribution >= 0.6 is 23.2 Å². The highest BCUT2D eigenvalue weighted by Gasteiger charge is 2.24. The Bertz CT molecular complexity index is 554. The quantitative estimate of drug-likeness (QED) is 0.802. The predicted molar refractivity (Wildman–Crippen MR) is 69.7 cm³/mol. The van der Waals surface area contributed by atoms with E-state index < -0.39 is 21.7 Å². The van der Waals surface area contributed by atoms with E-state index >= 15 is 0 Å². The van der Waals surface area contributed by atoms with E-state index in [-0.39, 0.29) is 20.7 Å². The lowest BCUT2D eigenvalue weighted by Gasteiger charge is -2.10. The van der Waals surface area contributed by atoms with Gasteiger partial charge in [-0.1, -0.05) is 30.1 Å². The predicted octanol–water partition coefficient (Wildman–Crippen LogP) is 2.58. The molecule has 4 nitrogen and oxygen atoms in total. The van der Waals surface area contributed by atoms with Gasteiger partial charge in [-0.2, -0.15) is 0 Å². The van der Waals surface area contributed by atoms with Gasteiger partial charge >= 0.3 is 5.97 Å². The minimum atomic E-state index is -3.60. The molecule has 1 rings (SSSR count). The van der Waals surface area contributed by atoms with Gasteiger partial charge in [0.05, 0.1) is 33.7 Å². The zero-order valence-corrected chi connectivity index (χ0v) is 12.1. The van der Waals surface area contributed by atoms with Gasteiger partial charge in [-0.25, -0.2) is 8.42 Å². The first-order chi connectivity index (χ1) is 8.27. The summed E-state index contributed by atoms with van der Waals surface area (Å²) in [5.74, 6) is -1.65. The van der Waals surface area contributed by atoms with Crippen LogP contribution in [0.5, 0.6) is 0 Å². The van der Waals surface area contributed by atoms with Crippen LogP contribution in [0.15, 0.2) is 23.1 Å². The van der Waals surface area contributed by atoms with Crippen molar-refractivity contribution in [3.05, 3.63) is 28.2 Å². The zero-order chi connectivity index (χ0) is 13.9. The average Bonchev–Trinajstić information content (AvgIpc) is 2.30. The van der Waals surface area contributed by atoms with Gasteiger partial charge in [0.2, 0.25) is 0 Å². The molecule has 0 saturated carbocycles. The normalized spacial score (nSPS) is 13.1. The molecule has 1 unspecified atom stereocenters. The van der Waals surface area contributed by atoms with Gasteiger partial charge in [-0.3, -0.25) is 4.79 Å². The second-order valence-electron chi connectivity index (χ2n) is 3.78. The fraction of sp³-hybridized carbons (Fsp3) is 0.364. The van der Waals surface area contributed by atoms with E-state index in [2.05, 4.69) is 4.74 Å². The molecular weight excluding hydrogens is 299 g/mol. The molecule has 0 N–H and O–H groups in total. The Kier molecular flexibility index (Phi) is 5.01. The van der Waals surface area contributed by atoms with E-state index in [1.807, 2.05) is 0 Å². The SMILES string of the molecule is COC(=O)C(C)CS(=O)(=O)c1ccc(Cl)c(Cl)c1. The Labute approximate surface area is 116 Å². The van der Waals surface area contributed by atoms with Crippen LogP contribution in [0.3, 0.4) is 0 Å². The summed E-state index contributed by atoms with van der Waals surface area (Å²) in [5.41, 5.74) is 0. The molecule has 0 fully saturated rings. The fourth-order valence-corrected chi connectivity index (χ4v) is 3.29. The van der Waals surface area contributed by atoms with E-state index in [1.54, 1.807) is 0 Å². The molecule has 1 atom stereocenters. The van der Waals surface area contributed by atoms with Gasteiger partial charge in [0.1, 0.15) is 0 Å². The molecular formula is C11H12Cl2O4S. The summed E-state index contributed by atoms with van der Waals surface area (Å²) >= 11 is 11.5. The number of sulfone groups is 1. The summed E-state index contributed by atoms with van der Waals surface area (Å²) in [5, 5.41) is 0.431. The molecule has 0 aliphatic heterocycles. The van der Waals surface area contributed by atoms with E-state index in [0.717, 1.165) is 0 Å². The third-order valence-electron chi connectivity index (χ3n) is 2.32. The molecule has 0 heterocycles. The number of halogens is 2. The number of esters is 1. The third-order valence-corrected chi connectivity index (χ3v) is 4.97. The molecule has 0 aromatic heterocycles. The summed E-state index contributed by atoms with van der Waals surface area (Å²) < 4.78 is 28.5. The van der Waals surface area contributed by atoms with Crippen molar-refractivity contribution in [2.75, 3.05) is 12.9 Å². The summed E-state index contributed by atoms with van der Waals surface area (Å²) in [6, 6.07) is 4.02. The number of rotatable bonds is 4. The van der Waals surface area contributed by atoms with Gasteiger partial charge < -0.3 is 4.74 Å². The van der Waals surface area contributed by atoms with Crippen LogP contribution in [-0.2, 0) is 19.4 Å². The maximum Gasteiger partial charge on any atom is 0.309 e. The van der Waals surface area contributed by atoms with Crippen LogP contribution in [0.25, 0.3) is 0 Å². The number of carbonyl (C=O) groups excluding carboxylic acids is 1. The maximum atomic E-state index is 12.0. The van der Waals surface area contributed by atoms with Crippen LogP contribution in [0.2, 0.25) is 10.0 Å². The van der Waals surface area contributed by atoms with E-state index in [1.165, 1.54) is 32.2 Å². The highest BCUT2D eigenvalue weighted by atomic mass is 35.5. The first-order valence-electron chi connectivity index (χ1n) is 5.03. The van der Waals surface area contributed by atoms with Crippen molar-refractivity contribution in [3.8, 4) is 0 Å². The molecule has 0 bridgehead atoms. The topological polar surface area (TPSA) is 60.4 Å². The zero-order valence-electron chi connectivity index (χ0n) is 9.81. The van der Waals surface area contributed by atoms with Gasteiger partial charge in [0, 0.05) is 0 Å². The largest absolute Gasteiger partial charge is 0.469 e. The fourth-order valence-electron chi connectivity index (χ4n) is 1.36. The Balaban J connectivity index is 3.00. The standard InChI is InChI=1S/C11H12Cl2O4S/c1-7(11(14)17-2)6-18(15,16)8-3-4-9(12)10(13)5-8/h3-5,7H,6H2,1-2H3. The maximum absolute atomic E-state index is 12.0. The summed E-state index contributed by atoms with van der Waals surface area (Å²) in [6.07, 6.45) is 0. The lowest BCUT2D eigenvalue weighted by molar-refractivity contribution is -0.144. The van der Waals surface area contributed by atoms with Crippen molar-refractivity contribution in [1.82, 2.24) is 0 Å². The number of hydrogen-bond donors (Lipinski definition) is 0. The Morgan fingerprint density at radius 3 is 2.44 bits per heavy atom. The average molecular weight is 311 g/mol. The third kappa shape index (κ3) is 3.60. The van der Waals surface area contributed by atoms with Crippen molar-refractivity contribution in [2.24, 2.45) is 5.92 Å². The van der Waals surface area contributed by atoms with Crippen molar-refractivity contribution in [3.63, 3.8) is 0 Å². The molecule has 1 aromatic rings. The molecule has 0 amide bonds. The summed E-state index contributed by atoms with van der Waals surface area (Å²) in [6.45, 7) is 1.49.